The van der Waals surface area contributed by atoms with Crippen LogP contribution in [-0.4, -0.2) is 24.5 Å². The van der Waals surface area contributed by atoms with E-state index in [0.29, 0.717) is 16.2 Å². The van der Waals surface area contributed by atoms with E-state index < -0.39 is 13.1 Å². The van der Waals surface area contributed by atoms with Gasteiger partial charge < -0.3 is 9.30 Å². The Kier molecular flexibility index (Phi) is 6.79. The van der Waals surface area contributed by atoms with Gasteiger partial charge in [0.2, 0.25) is 0 Å². The second kappa shape index (κ2) is 9.49. The van der Waals surface area contributed by atoms with Crippen molar-refractivity contribution < 1.29 is 18.9 Å². The lowest BCUT2D eigenvalue weighted by Crippen LogP contribution is -2.25. The van der Waals surface area contributed by atoms with Gasteiger partial charge in [0.05, 0.1) is 0 Å². The van der Waals surface area contributed by atoms with Crippen LogP contribution in [0.2, 0.25) is 0 Å². The van der Waals surface area contributed by atoms with E-state index in [1.54, 1.807) is 60.7 Å². The second-order valence-electron chi connectivity index (χ2n) is 6.70. The topological polar surface area (TPSA) is 60.4 Å². The maximum absolute atomic E-state index is 13.8. The molecule has 0 amide bonds. The van der Waals surface area contributed by atoms with Crippen LogP contribution in [0.15, 0.2) is 84.9 Å². The van der Waals surface area contributed by atoms with Crippen LogP contribution >= 0.6 is 7.14 Å². The van der Waals surface area contributed by atoms with Crippen molar-refractivity contribution in [1.82, 2.24) is 0 Å². The number of aryl methyl sites for hydroxylation is 1. The third kappa shape index (κ3) is 5.10. The quantitative estimate of drug-likeness (QED) is 0.322. The Morgan fingerprint density at radius 3 is 1.79 bits per heavy atom. The van der Waals surface area contributed by atoms with E-state index in [2.05, 4.69) is 0 Å². The summed E-state index contributed by atoms with van der Waals surface area (Å²) < 4.78 is 19.0. The lowest BCUT2D eigenvalue weighted by molar-refractivity contribution is -0.139. The molecule has 4 nitrogen and oxygen atoms in total. The number of benzene rings is 3. The molecule has 0 fully saturated rings. The Bertz CT molecular complexity index is 968. The van der Waals surface area contributed by atoms with Gasteiger partial charge >= 0.3 is 5.97 Å². The number of hydrogen-bond donors (Lipinski definition) is 0. The van der Waals surface area contributed by atoms with Gasteiger partial charge in [-0.25, -0.2) is 0 Å². The molecule has 29 heavy (non-hydrogen) atoms. The fourth-order valence-corrected chi connectivity index (χ4v) is 5.48. The third-order valence-corrected chi connectivity index (χ3v) is 7.71. The van der Waals surface area contributed by atoms with E-state index in [1.807, 2.05) is 31.2 Å². The van der Waals surface area contributed by atoms with Crippen LogP contribution in [0.1, 0.15) is 22.8 Å². The number of hydrogen-bond acceptors (Lipinski definition) is 4. The third-order valence-electron chi connectivity index (χ3n) is 4.75. The van der Waals surface area contributed by atoms with E-state index in [9.17, 15) is 14.2 Å². The van der Waals surface area contributed by atoms with Crippen molar-refractivity contribution >= 4 is 29.5 Å². The molecular weight excluding hydrogens is 383 g/mol. The molecule has 0 spiro atoms. The summed E-state index contributed by atoms with van der Waals surface area (Å²) in [7, 11) is -3.21. The molecule has 0 unspecified atom stereocenters. The van der Waals surface area contributed by atoms with Crippen molar-refractivity contribution in [1.29, 1.82) is 0 Å². The summed E-state index contributed by atoms with van der Waals surface area (Å²) in [4.78, 5) is 24.8. The molecule has 0 N–H and O–H groups in total. The van der Waals surface area contributed by atoms with Crippen molar-refractivity contribution in [3.8, 4) is 0 Å². The molecule has 0 bridgehead atoms. The molecule has 3 aromatic rings. The molecular formula is C24H23O4P. The Morgan fingerprint density at radius 2 is 1.31 bits per heavy atom. The fraction of sp³-hybridized carbons (Fsp3) is 0.167. The number of Topliss-reactive ketones (excluding diaryl/α,β-unsaturated/α-hetero) is 1. The highest BCUT2D eigenvalue weighted by atomic mass is 31.2. The van der Waals surface area contributed by atoms with Crippen LogP contribution in [0.3, 0.4) is 0 Å². The van der Waals surface area contributed by atoms with Gasteiger partial charge in [-0.1, -0.05) is 91.9 Å². The first kappa shape index (κ1) is 20.8. The van der Waals surface area contributed by atoms with E-state index in [1.165, 1.54) is 0 Å². The molecule has 3 rings (SSSR count). The molecule has 0 aliphatic rings. The molecule has 3 aromatic carbocycles. The van der Waals surface area contributed by atoms with Gasteiger partial charge in [0.15, 0.2) is 19.5 Å². The highest BCUT2D eigenvalue weighted by Crippen LogP contribution is 2.43. The predicted molar refractivity (Wildman–Crippen MR) is 116 cm³/mol. The minimum Gasteiger partial charge on any atom is -0.457 e. The predicted octanol–water partition coefficient (Wildman–Crippen LogP) is 3.99. The average molecular weight is 406 g/mol. The molecule has 0 atom stereocenters. The first-order valence-corrected chi connectivity index (χ1v) is 11.4. The number of rotatable bonds is 8. The second-order valence-corrected chi connectivity index (χ2v) is 9.53. The maximum Gasteiger partial charge on any atom is 0.314 e. The molecule has 0 aromatic heterocycles. The van der Waals surface area contributed by atoms with Gasteiger partial charge in [0.1, 0.15) is 6.16 Å². The Hall–Kier alpha value is -2.97. The van der Waals surface area contributed by atoms with Crippen molar-refractivity contribution in [2.45, 2.75) is 13.3 Å². The number of esters is 1. The van der Waals surface area contributed by atoms with Gasteiger partial charge in [-0.2, -0.15) is 0 Å². The van der Waals surface area contributed by atoms with Gasteiger partial charge in [-0.3, -0.25) is 9.59 Å². The van der Waals surface area contributed by atoms with E-state index in [0.717, 1.165) is 12.0 Å². The normalized spacial score (nSPS) is 11.1. The zero-order valence-corrected chi connectivity index (χ0v) is 17.2. The van der Waals surface area contributed by atoms with Crippen molar-refractivity contribution in [2.75, 3.05) is 12.8 Å². The summed E-state index contributed by atoms with van der Waals surface area (Å²) in [5.74, 6) is -0.935. The fourth-order valence-electron chi connectivity index (χ4n) is 3.05. The highest BCUT2D eigenvalue weighted by Gasteiger charge is 2.31. The molecule has 5 heteroatoms. The Labute approximate surface area is 170 Å². The zero-order chi connectivity index (χ0) is 20.7. The first-order valence-electron chi connectivity index (χ1n) is 9.51. The van der Waals surface area contributed by atoms with Gasteiger partial charge in [0, 0.05) is 16.2 Å². The number of ether oxygens (including phenoxy) is 1. The zero-order valence-electron chi connectivity index (χ0n) is 16.3. The van der Waals surface area contributed by atoms with Crippen LogP contribution in [0.4, 0.5) is 0 Å². The van der Waals surface area contributed by atoms with Crippen LogP contribution in [-0.2, 0) is 20.5 Å². The minimum atomic E-state index is -3.21. The van der Waals surface area contributed by atoms with Gasteiger partial charge in [-0.15, -0.1) is 0 Å². The summed E-state index contributed by atoms with van der Waals surface area (Å²) in [6.45, 7) is 1.67. The molecule has 0 saturated carbocycles. The van der Waals surface area contributed by atoms with Crippen LogP contribution in [0.25, 0.3) is 0 Å². The number of ketones is 1. The van der Waals surface area contributed by atoms with Crippen LogP contribution in [0, 0.1) is 0 Å². The smallest absolute Gasteiger partial charge is 0.314 e. The standard InChI is InChI=1S/C24H23O4P/c1-2-19-13-15-20(16-14-19)23(25)17-28-24(26)18-29(27,21-9-5-3-6-10-21)22-11-7-4-8-12-22/h3-16H,2,17-18H2,1H3. The van der Waals surface area contributed by atoms with Crippen LogP contribution < -0.4 is 10.6 Å². The largest absolute Gasteiger partial charge is 0.457 e. The lowest BCUT2D eigenvalue weighted by Gasteiger charge is -2.18. The van der Waals surface area contributed by atoms with E-state index >= 15 is 0 Å². The molecule has 0 radical (unpaired) electrons. The molecule has 0 aliphatic carbocycles. The van der Waals surface area contributed by atoms with Gasteiger partial charge in [0.25, 0.3) is 0 Å². The summed E-state index contributed by atoms with van der Waals surface area (Å²) in [5.41, 5.74) is 1.62. The first-order chi connectivity index (χ1) is 14.0. The summed E-state index contributed by atoms with van der Waals surface area (Å²) in [6, 6.07) is 25.1. The summed E-state index contributed by atoms with van der Waals surface area (Å²) in [6.07, 6.45) is 0.598. The van der Waals surface area contributed by atoms with Crippen molar-refractivity contribution in [3.63, 3.8) is 0 Å². The monoisotopic (exact) mass is 406 g/mol. The van der Waals surface area contributed by atoms with Crippen molar-refractivity contribution in [2.24, 2.45) is 0 Å². The summed E-state index contributed by atoms with van der Waals surface area (Å²) >= 11 is 0. The van der Waals surface area contributed by atoms with Crippen molar-refractivity contribution in [3.05, 3.63) is 96.1 Å². The minimum absolute atomic E-state index is 0.282. The maximum atomic E-state index is 13.8. The van der Waals surface area contributed by atoms with E-state index in [-0.39, 0.29) is 18.6 Å². The number of carbonyl (C=O) groups excluding carboxylic acids is 2. The molecule has 148 valence electrons. The molecule has 0 heterocycles. The molecule has 0 aliphatic heterocycles. The lowest BCUT2D eigenvalue weighted by atomic mass is 10.1. The van der Waals surface area contributed by atoms with Crippen LogP contribution in [0.5, 0.6) is 0 Å². The Balaban J connectivity index is 1.72. The Morgan fingerprint density at radius 1 is 0.793 bits per heavy atom. The molecule has 0 saturated heterocycles. The number of carbonyl (C=O) groups is 2. The van der Waals surface area contributed by atoms with E-state index in [4.69, 9.17) is 4.74 Å². The SMILES string of the molecule is CCc1ccc(C(=O)COC(=O)CP(=O)(c2ccccc2)c2ccccc2)cc1. The summed E-state index contributed by atoms with van der Waals surface area (Å²) in [5, 5.41) is 1.18. The highest BCUT2D eigenvalue weighted by molar-refractivity contribution is 7.79. The average Bonchev–Trinajstić information content (AvgIpc) is 2.78. The van der Waals surface area contributed by atoms with Gasteiger partial charge in [-0.05, 0) is 12.0 Å².